The van der Waals surface area contributed by atoms with Crippen molar-refractivity contribution in [3.8, 4) is 0 Å². The van der Waals surface area contributed by atoms with Crippen LogP contribution in [0.3, 0.4) is 0 Å². The van der Waals surface area contributed by atoms with Gasteiger partial charge in [-0.25, -0.2) is 4.39 Å². The summed E-state index contributed by atoms with van der Waals surface area (Å²) in [6.07, 6.45) is 5.79. The lowest BCUT2D eigenvalue weighted by atomic mass is 9.80. The van der Waals surface area contributed by atoms with Gasteiger partial charge >= 0.3 is 0 Å². The van der Waals surface area contributed by atoms with Crippen molar-refractivity contribution in [2.75, 3.05) is 19.7 Å². The minimum atomic E-state index is -0.510. The third-order valence-electron chi connectivity index (χ3n) is 4.51. The van der Waals surface area contributed by atoms with Gasteiger partial charge in [-0.15, -0.1) is 0 Å². The predicted octanol–water partition coefficient (Wildman–Crippen LogP) is 2.49. The first-order valence-electron chi connectivity index (χ1n) is 7.18. The molecule has 1 atom stereocenters. The van der Waals surface area contributed by atoms with Gasteiger partial charge in [-0.3, -0.25) is 4.79 Å². The van der Waals surface area contributed by atoms with E-state index in [9.17, 15) is 9.18 Å². The van der Waals surface area contributed by atoms with E-state index in [4.69, 9.17) is 4.74 Å². The number of fused-ring (bicyclic) bond motifs is 1. The Labute approximate surface area is 112 Å². The number of hydrogen-bond donors (Lipinski definition) is 1. The summed E-state index contributed by atoms with van der Waals surface area (Å²) in [7, 11) is 0. The van der Waals surface area contributed by atoms with Crippen molar-refractivity contribution < 1.29 is 13.9 Å². The normalized spacial score (nSPS) is 28.2. The molecule has 0 amide bonds. The molecule has 1 saturated heterocycles. The molecule has 19 heavy (non-hydrogen) atoms. The Morgan fingerprint density at radius 1 is 1.32 bits per heavy atom. The van der Waals surface area contributed by atoms with Gasteiger partial charge in [-0.05, 0) is 44.7 Å². The Morgan fingerprint density at radius 2 is 2.11 bits per heavy atom. The minimum Gasteiger partial charge on any atom is -0.496 e. The van der Waals surface area contributed by atoms with Crippen molar-refractivity contribution in [3.63, 3.8) is 0 Å². The fourth-order valence-electron chi connectivity index (χ4n) is 3.28. The van der Waals surface area contributed by atoms with Crippen LogP contribution >= 0.6 is 0 Å². The number of piperidine rings is 1. The number of hydrogen-bond acceptors (Lipinski definition) is 3. The number of ketones is 1. The van der Waals surface area contributed by atoms with Gasteiger partial charge in [0.15, 0.2) is 0 Å². The highest BCUT2D eigenvalue weighted by atomic mass is 19.1. The van der Waals surface area contributed by atoms with E-state index in [1.54, 1.807) is 0 Å². The van der Waals surface area contributed by atoms with Crippen molar-refractivity contribution in [2.45, 2.75) is 32.1 Å². The summed E-state index contributed by atoms with van der Waals surface area (Å²) in [4.78, 5) is 12.0. The summed E-state index contributed by atoms with van der Waals surface area (Å²) >= 11 is 0. The van der Waals surface area contributed by atoms with E-state index in [0.717, 1.165) is 37.9 Å². The topological polar surface area (TPSA) is 38.3 Å². The maximum absolute atomic E-state index is 14.3. The van der Waals surface area contributed by atoms with Crippen LogP contribution < -0.4 is 5.32 Å². The summed E-state index contributed by atoms with van der Waals surface area (Å²) < 4.78 is 19.5. The van der Waals surface area contributed by atoms with Gasteiger partial charge < -0.3 is 10.1 Å². The van der Waals surface area contributed by atoms with Crippen molar-refractivity contribution >= 4 is 5.78 Å². The van der Waals surface area contributed by atoms with Crippen molar-refractivity contribution in [2.24, 2.45) is 11.8 Å². The molecule has 0 aromatic rings. The van der Waals surface area contributed by atoms with Crippen molar-refractivity contribution in [1.29, 1.82) is 0 Å². The standard InChI is InChI=1S/C15H20FNO2/c16-15-12(2-1-10-3-5-17-6-4-10)14(18)7-11-8-19-9-13(11)15/h8,10,12,17H,1-7,9H2. The molecular formula is C15H20FNO2. The van der Waals surface area contributed by atoms with Gasteiger partial charge in [-0.1, -0.05) is 0 Å². The van der Waals surface area contributed by atoms with Gasteiger partial charge in [0.2, 0.25) is 0 Å². The number of halogens is 1. The van der Waals surface area contributed by atoms with Crippen LogP contribution in [0.25, 0.3) is 0 Å². The quantitative estimate of drug-likeness (QED) is 0.852. The maximum atomic E-state index is 14.3. The molecule has 1 aliphatic carbocycles. The zero-order chi connectivity index (χ0) is 13.2. The Hall–Kier alpha value is -1.16. The molecule has 4 heteroatoms. The van der Waals surface area contributed by atoms with Crippen LogP contribution in [0.2, 0.25) is 0 Å². The van der Waals surface area contributed by atoms with Crippen LogP contribution in [0.4, 0.5) is 4.39 Å². The summed E-state index contributed by atoms with van der Waals surface area (Å²) in [6, 6.07) is 0. The fraction of sp³-hybridized carbons (Fsp3) is 0.667. The van der Waals surface area contributed by atoms with Crippen LogP contribution in [0.1, 0.15) is 32.1 Å². The van der Waals surface area contributed by atoms with E-state index in [0.29, 0.717) is 30.9 Å². The molecule has 1 N–H and O–H groups in total. The highest BCUT2D eigenvalue weighted by Crippen LogP contribution is 2.38. The summed E-state index contributed by atoms with van der Waals surface area (Å²) in [5.74, 6) is -0.0757. The Morgan fingerprint density at radius 3 is 2.89 bits per heavy atom. The molecule has 104 valence electrons. The van der Waals surface area contributed by atoms with E-state index >= 15 is 0 Å². The van der Waals surface area contributed by atoms with Gasteiger partial charge in [0.05, 0.1) is 12.2 Å². The molecular weight excluding hydrogens is 245 g/mol. The lowest BCUT2D eigenvalue weighted by molar-refractivity contribution is -0.122. The zero-order valence-corrected chi connectivity index (χ0v) is 11.1. The molecule has 3 rings (SSSR count). The van der Waals surface area contributed by atoms with Crippen molar-refractivity contribution in [1.82, 2.24) is 5.32 Å². The van der Waals surface area contributed by atoms with E-state index in [1.165, 1.54) is 6.26 Å². The molecule has 0 radical (unpaired) electrons. The number of nitrogens with one attached hydrogen (secondary N) is 1. The van der Waals surface area contributed by atoms with Crippen molar-refractivity contribution in [3.05, 3.63) is 23.2 Å². The van der Waals surface area contributed by atoms with Crippen LogP contribution in [-0.4, -0.2) is 25.5 Å². The predicted molar refractivity (Wildman–Crippen MR) is 70.1 cm³/mol. The molecule has 0 bridgehead atoms. The highest BCUT2D eigenvalue weighted by molar-refractivity contribution is 5.89. The Bertz CT molecular complexity index is 435. The first kappa shape index (κ1) is 12.9. The molecule has 2 aliphatic heterocycles. The lowest BCUT2D eigenvalue weighted by Crippen LogP contribution is -2.29. The second kappa shape index (κ2) is 5.45. The van der Waals surface area contributed by atoms with E-state index in [1.807, 2.05) is 0 Å². The SMILES string of the molecule is O=C1CC2=COCC2=C(F)C1CCC1CCNCC1. The second-order valence-corrected chi connectivity index (χ2v) is 5.75. The monoisotopic (exact) mass is 265 g/mol. The number of allylic oxidation sites excluding steroid dienone is 1. The van der Waals surface area contributed by atoms with Gasteiger partial charge in [-0.2, -0.15) is 0 Å². The number of Topliss-reactive ketones (excluding diaryl/α,β-unsaturated/α-hetero) is 1. The number of carbonyl (C=O) groups is 1. The molecule has 0 aromatic carbocycles. The molecule has 1 unspecified atom stereocenters. The number of carbonyl (C=O) groups excluding carboxylic acids is 1. The van der Waals surface area contributed by atoms with Gasteiger partial charge in [0.1, 0.15) is 18.2 Å². The second-order valence-electron chi connectivity index (χ2n) is 5.75. The molecule has 2 heterocycles. The molecule has 0 saturated carbocycles. The number of ether oxygens (including phenoxy) is 1. The Kier molecular flexibility index (Phi) is 3.69. The minimum absolute atomic E-state index is 0.0203. The first-order valence-corrected chi connectivity index (χ1v) is 7.18. The first-order chi connectivity index (χ1) is 9.25. The lowest BCUT2D eigenvalue weighted by Gasteiger charge is -2.26. The molecule has 3 nitrogen and oxygen atoms in total. The van der Waals surface area contributed by atoms with Crippen LogP contribution in [0, 0.1) is 11.8 Å². The summed E-state index contributed by atoms with van der Waals surface area (Å²) in [6.45, 7) is 2.40. The Balaban J connectivity index is 1.65. The third-order valence-corrected chi connectivity index (χ3v) is 4.51. The number of rotatable bonds is 3. The third kappa shape index (κ3) is 2.59. The molecule has 0 aromatic heterocycles. The molecule has 3 aliphatic rings. The van der Waals surface area contributed by atoms with E-state index in [-0.39, 0.29) is 11.6 Å². The highest BCUT2D eigenvalue weighted by Gasteiger charge is 2.35. The molecule has 0 spiro atoms. The van der Waals surface area contributed by atoms with Crippen LogP contribution in [0.5, 0.6) is 0 Å². The van der Waals surface area contributed by atoms with Gasteiger partial charge in [0, 0.05) is 17.6 Å². The van der Waals surface area contributed by atoms with E-state index < -0.39 is 5.92 Å². The summed E-state index contributed by atoms with van der Waals surface area (Å²) in [5.41, 5.74) is 1.38. The largest absolute Gasteiger partial charge is 0.496 e. The van der Waals surface area contributed by atoms with Crippen LogP contribution in [-0.2, 0) is 9.53 Å². The molecule has 1 fully saturated rings. The van der Waals surface area contributed by atoms with Crippen LogP contribution in [0.15, 0.2) is 23.2 Å². The summed E-state index contributed by atoms with van der Waals surface area (Å²) in [5, 5.41) is 3.33. The average Bonchev–Trinajstić information content (AvgIpc) is 2.88. The smallest absolute Gasteiger partial charge is 0.147 e. The zero-order valence-electron chi connectivity index (χ0n) is 11.1. The average molecular weight is 265 g/mol. The van der Waals surface area contributed by atoms with Gasteiger partial charge in [0.25, 0.3) is 0 Å². The maximum Gasteiger partial charge on any atom is 0.147 e. The van der Waals surface area contributed by atoms with E-state index in [2.05, 4.69) is 5.32 Å². The fourth-order valence-corrected chi connectivity index (χ4v) is 3.28.